The van der Waals surface area contributed by atoms with Crippen LogP contribution in [0.4, 0.5) is 5.95 Å². The second kappa shape index (κ2) is 5.37. The maximum absolute atomic E-state index is 12.8. The van der Waals surface area contributed by atoms with Crippen LogP contribution in [0, 0.1) is 5.92 Å². The number of carbonyl (C=O) groups is 2. The Hall–Kier alpha value is -1.92. The van der Waals surface area contributed by atoms with Crippen LogP contribution in [-0.4, -0.2) is 50.6 Å². The van der Waals surface area contributed by atoms with Crippen molar-refractivity contribution in [3.63, 3.8) is 0 Å². The minimum absolute atomic E-state index is 0.0304. The first-order valence-electron chi connectivity index (χ1n) is 8.22. The van der Waals surface area contributed by atoms with Crippen LogP contribution in [0.5, 0.6) is 0 Å². The molecule has 2 fully saturated rings. The molecule has 4 rings (SSSR count). The molecule has 0 aromatic carbocycles. The van der Waals surface area contributed by atoms with Gasteiger partial charge in [-0.2, -0.15) is 10.1 Å². The van der Waals surface area contributed by atoms with E-state index in [9.17, 15) is 9.59 Å². The summed E-state index contributed by atoms with van der Waals surface area (Å²) in [6.45, 7) is 2.05. The number of aryl methyl sites for hydroxylation is 1. The summed E-state index contributed by atoms with van der Waals surface area (Å²) in [5.41, 5.74) is 0. The van der Waals surface area contributed by atoms with E-state index in [1.807, 2.05) is 4.90 Å². The van der Waals surface area contributed by atoms with E-state index in [2.05, 4.69) is 10.1 Å². The van der Waals surface area contributed by atoms with Gasteiger partial charge in [0.15, 0.2) is 0 Å². The number of likely N-dealkylation sites (tertiary alicyclic amines) is 1. The second-order valence-corrected chi connectivity index (χ2v) is 6.51. The third-order valence-corrected chi connectivity index (χ3v) is 5.13. The average Bonchev–Trinajstić information content (AvgIpc) is 3.25. The maximum Gasteiger partial charge on any atom is 0.234 e. The Morgan fingerprint density at radius 3 is 2.82 bits per heavy atom. The highest BCUT2D eigenvalue weighted by Crippen LogP contribution is 2.31. The van der Waals surface area contributed by atoms with Crippen molar-refractivity contribution in [2.24, 2.45) is 5.92 Å². The van der Waals surface area contributed by atoms with Gasteiger partial charge in [-0.15, -0.1) is 0 Å². The number of amides is 2. The normalized spacial score (nSPS) is 25.8. The molecule has 1 aliphatic carbocycles. The molecular weight excluding hydrogens is 282 g/mol. The molecule has 1 aromatic rings. The molecule has 7 nitrogen and oxygen atoms in total. The van der Waals surface area contributed by atoms with Crippen molar-refractivity contribution in [1.29, 1.82) is 0 Å². The van der Waals surface area contributed by atoms with Crippen molar-refractivity contribution in [3.05, 3.63) is 6.33 Å². The predicted octanol–water partition coefficient (Wildman–Crippen LogP) is 0.806. The third kappa shape index (κ3) is 2.19. The molecule has 22 heavy (non-hydrogen) atoms. The smallest absolute Gasteiger partial charge is 0.234 e. The molecule has 1 aromatic heterocycles. The SMILES string of the molecule is O=C(C1CC(=O)N(C2CCCC2)C1)N1CCCn2ncnc21. The van der Waals surface area contributed by atoms with Gasteiger partial charge in [0.05, 0.1) is 5.92 Å². The zero-order valence-electron chi connectivity index (χ0n) is 12.6. The van der Waals surface area contributed by atoms with E-state index in [0.717, 1.165) is 25.8 Å². The molecule has 0 N–H and O–H groups in total. The molecule has 3 aliphatic rings. The summed E-state index contributed by atoms with van der Waals surface area (Å²) in [7, 11) is 0. The number of hydrogen-bond acceptors (Lipinski definition) is 4. The zero-order valence-corrected chi connectivity index (χ0v) is 12.6. The van der Waals surface area contributed by atoms with Crippen LogP contribution in [0.3, 0.4) is 0 Å². The first-order chi connectivity index (χ1) is 10.7. The standard InChI is InChI=1S/C15H21N5O2/c21-13-8-11(9-19(13)12-4-1-2-5-12)14(22)18-6-3-7-20-15(18)16-10-17-20/h10-12H,1-9H2. The zero-order chi connectivity index (χ0) is 15.1. The molecule has 1 saturated carbocycles. The van der Waals surface area contributed by atoms with Gasteiger partial charge in [0.25, 0.3) is 0 Å². The summed E-state index contributed by atoms with van der Waals surface area (Å²) in [5.74, 6) is 0.575. The minimum atomic E-state index is -0.226. The Bertz CT molecular complexity index is 593. The number of nitrogens with zero attached hydrogens (tertiary/aromatic N) is 5. The van der Waals surface area contributed by atoms with E-state index >= 15 is 0 Å². The van der Waals surface area contributed by atoms with E-state index in [1.54, 1.807) is 9.58 Å². The van der Waals surface area contributed by atoms with Crippen molar-refractivity contribution in [3.8, 4) is 0 Å². The molecule has 1 unspecified atom stereocenters. The third-order valence-electron chi connectivity index (χ3n) is 5.13. The molecule has 118 valence electrons. The van der Waals surface area contributed by atoms with Crippen LogP contribution in [0.1, 0.15) is 38.5 Å². The molecule has 3 heterocycles. The van der Waals surface area contributed by atoms with Crippen LogP contribution in [0.2, 0.25) is 0 Å². The highest BCUT2D eigenvalue weighted by molar-refractivity contribution is 5.98. The second-order valence-electron chi connectivity index (χ2n) is 6.51. The van der Waals surface area contributed by atoms with Gasteiger partial charge in [-0.25, -0.2) is 4.68 Å². The van der Waals surface area contributed by atoms with Gasteiger partial charge in [0.1, 0.15) is 6.33 Å². The number of carbonyl (C=O) groups excluding carboxylic acids is 2. The van der Waals surface area contributed by atoms with Crippen LogP contribution in [-0.2, 0) is 16.1 Å². The van der Waals surface area contributed by atoms with E-state index in [4.69, 9.17) is 0 Å². The summed E-state index contributed by atoms with van der Waals surface area (Å²) in [4.78, 5) is 33.0. The summed E-state index contributed by atoms with van der Waals surface area (Å²) >= 11 is 0. The highest BCUT2D eigenvalue weighted by Gasteiger charge is 2.41. The first-order valence-corrected chi connectivity index (χ1v) is 8.22. The van der Waals surface area contributed by atoms with Gasteiger partial charge >= 0.3 is 0 Å². The topological polar surface area (TPSA) is 71.3 Å². The Kier molecular flexibility index (Phi) is 3.35. The van der Waals surface area contributed by atoms with Crippen molar-refractivity contribution in [1.82, 2.24) is 19.7 Å². The minimum Gasteiger partial charge on any atom is -0.339 e. The highest BCUT2D eigenvalue weighted by atomic mass is 16.2. The molecular formula is C15H21N5O2. The fraction of sp³-hybridized carbons (Fsp3) is 0.733. The number of rotatable bonds is 2. The summed E-state index contributed by atoms with van der Waals surface area (Å²) < 4.78 is 1.77. The fourth-order valence-electron chi connectivity index (χ4n) is 4.00. The lowest BCUT2D eigenvalue weighted by Gasteiger charge is -2.28. The van der Waals surface area contributed by atoms with E-state index < -0.39 is 0 Å². The van der Waals surface area contributed by atoms with Crippen molar-refractivity contribution in [2.75, 3.05) is 18.0 Å². The van der Waals surface area contributed by atoms with Crippen molar-refractivity contribution >= 4 is 17.8 Å². The molecule has 0 spiro atoms. The number of aromatic nitrogens is 3. The Morgan fingerprint density at radius 2 is 2.00 bits per heavy atom. The fourth-order valence-corrected chi connectivity index (χ4v) is 4.00. The molecule has 1 atom stereocenters. The lowest BCUT2D eigenvalue weighted by Crippen LogP contribution is -2.43. The van der Waals surface area contributed by atoms with Crippen molar-refractivity contribution < 1.29 is 9.59 Å². The van der Waals surface area contributed by atoms with Crippen LogP contribution >= 0.6 is 0 Å². The van der Waals surface area contributed by atoms with Crippen LogP contribution in [0.25, 0.3) is 0 Å². The van der Waals surface area contributed by atoms with Gasteiger partial charge < -0.3 is 4.90 Å². The van der Waals surface area contributed by atoms with Crippen LogP contribution in [0.15, 0.2) is 6.33 Å². The van der Waals surface area contributed by atoms with E-state index in [-0.39, 0.29) is 17.7 Å². The average molecular weight is 303 g/mol. The lowest BCUT2D eigenvalue weighted by atomic mass is 10.1. The molecule has 7 heteroatoms. The summed E-state index contributed by atoms with van der Waals surface area (Å²) in [6.07, 6.45) is 7.29. The molecule has 0 bridgehead atoms. The van der Waals surface area contributed by atoms with E-state index in [0.29, 0.717) is 31.5 Å². The first kappa shape index (κ1) is 13.7. The summed E-state index contributed by atoms with van der Waals surface area (Å²) in [5, 5.41) is 4.14. The largest absolute Gasteiger partial charge is 0.339 e. The van der Waals surface area contributed by atoms with Gasteiger partial charge in [0.2, 0.25) is 17.8 Å². The Labute approximate surface area is 129 Å². The van der Waals surface area contributed by atoms with Gasteiger partial charge in [0, 0.05) is 32.1 Å². The Morgan fingerprint density at radius 1 is 1.18 bits per heavy atom. The van der Waals surface area contributed by atoms with Crippen molar-refractivity contribution in [2.45, 2.75) is 51.1 Å². The molecule has 2 aliphatic heterocycles. The molecule has 1 saturated heterocycles. The summed E-state index contributed by atoms with van der Waals surface area (Å²) in [6, 6.07) is 0.357. The predicted molar refractivity (Wildman–Crippen MR) is 79.1 cm³/mol. The maximum atomic E-state index is 12.8. The quantitative estimate of drug-likeness (QED) is 0.810. The monoisotopic (exact) mass is 303 g/mol. The van der Waals surface area contributed by atoms with Gasteiger partial charge in [-0.1, -0.05) is 12.8 Å². The number of fused-ring (bicyclic) bond motifs is 1. The van der Waals surface area contributed by atoms with Gasteiger partial charge in [-0.05, 0) is 19.3 Å². The van der Waals surface area contributed by atoms with Gasteiger partial charge in [-0.3, -0.25) is 14.5 Å². The number of hydrogen-bond donors (Lipinski definition) is 0. The Balaban J connectivity index is 1.49. The lowest BCUT2D eigenvalue weighted by molar-refractivity contribution is -0.130. The number of anilines is 1. The molecule has 0 radical (unpaired) electrons. The molecule has 2 amide bonds. The van der Waals surface area contributed by atoms with Crippen LogP contribution < -0.4 is 4.90 Å². The van der Waals surface area contributed by atoms with E-state index in [1.165, 1.54) is 19.2 Å².